The maximum atomic E-state index is 12.6. The number of nitrogens with one attached hydrogen (secondary N) is 2. The number of aryl methyl sites for hydroxylation is 2. The average molecular weight is 564 g/mol. The Balaban J connectivity index is 1.39. The third-order valence-electron chi connectivity index (χ3n) is 6.21. The highest BCUT2D eigenvalue weighted by atomic mass is 32.1. The van der Waals surface area contributed by atoms with E-state index in [0.717, 1.165) is 47.3 Å². The van der Waals surface area contributed by atoms with Gasteiger partial charge in [0.05, 0.1) is 25.0 Å². The molecule has 0 bridgehead atoms. The van der Waals surface area contributed by atoms with Gasteiger partial charge in [-0.1, -0.05) is 29.8 Å². The molecule has 0 radical (unpaired) electrons. The van der Waals surface area contributed by atoms with Crippen LogP contribution in [0.1, 0.15) is 64.2 Å². The molecule has 1 aliphatic carbocycles. The number of thiophene rings is 1. The molecule has 3 aromatic rings. The van der Waals surface area contributed by atoms with Gasteiger partial charge in [0.1, 0.15) is 11.6 Å². The van der Waals surface area contributed by atoms with Gasteiger partial charge >= 0.3 is 17.8 Å². The van der Waals surface area contributed by atoms with Gasteiger partial charge in [-0.05, 0) is 81.3 Å². The number of fused-ring (bicyclic) bond motifs is 1. The van der Waals surface area contributed by atoms with Crippen molar-refractivity contribution in [1.82, 2.24) is 5.43 Å². The van der Waals surface area contributed by atoms with Crippen LogP contribution in [0.2, 0.25) is 0 Å². The molecule has 0 unspecified atom stereocenters. The summed E-state index contributed by atoms with van der Waals surface area (Å²) in [7, 11) is 0. The number of benzene rings is 2. The minimum absolute atomic E-state index is 0.219. The second-order valence-electron chi connectivity index (χ2n) is 9.21. The third kappa shape index (κ3) is 7.26. The van der Waals surface area contributed by atoms with Crippen LogP contribution >= 0.6 is 11.3 Å². The summed E-state index contributed by atoms with van der Waals surface area (Å²) in [6.07, 6.45) is 4.96. The van der Waals surface area contributed by atoms with Crippen molar-refractivity contribution < 1.29 is 28.6 Å². The van der Waals surface area contributed by atoms with E-state index in [4.69, 9.17) is 14.2 Å². The van der Waals surface area contributed by atoms with Crippen LogP contribution in [0.5, 0.6) is 11.5 Å². The molecule has 210 valence electrons. The Hall–Kier alpha value is -4.18. The lowest BCUT2D eigenvalue weighted by atomic mass is 9.95. The molecule has 10 heteroatoms. The molecule has 0 aliphatic heterocycles. The van der Waals surface area contributed by atoms with Crippen molar-refractivity contribution in [3.05, 3.63) is 75.2 Å². The van der Waals surface area contributed by atoms with Gasteiger partial charge in [-0.25, -0.2) is 10.2 Å². The molecule has 0 fully saturated rings. The smallest absolute Gasteiger partial charge is 0.341 e. The molecule has 0 spiro atoms. The van der Waals surface area contributed by atoms with Gasteiger partial charge in [-0.2, -0.15) is 5.10 Å². The van der Waals surface area contributed by atoms with Gasteiger partial charge in [0.2, 0.25) is 0 Å². The Labute approximate surface area is 237 Å². The van der Waals surface area contributed by atoms with E-state index < -0.39 is 17.8 Å². The number of esters is 1. The van der Waals surface area contributed by atoms with Crippen LogP contribution in [-0.2, 0) is 33.8 Å². The predicted molar refractivity (Wildman–Crippen MR) is 154 cm³/mol. The largest absolute Gasteiger partial charge is 0.490 e. The molecular weight excluding hydrogens is 530 g/mol. The van der Waals surface area contributed by atoms with Crippen molar-refractivity contribution in [3.63, 3.8) is 0 Å². The quantitative estimate of drug-likeness (QED) is 0.152. The molecule has 4 rings (SSSR count). The second-order valence-corrected chi connectivity index (χ2v) is 10.3. The fourth-order valence-electron chi connectivity index (χ4n) is 4.40. The molecule has 1 heterocycles. The monoisotopic (exact) mass is 563 g/mol. The van der Waals surface area contributed by atoms with Crippen molar-refractivity contribution in [3.8, 4) is 11.5 Å². The van der Waals surface area contributed by atoms with Gasteiger partial charge in [-0.3, -0.25) is 9.59 Å². The molecule has 2 N–H and O–H groups in total. The highest BCUT2D eigenvalue weighted by Gasteiger charge is 2.28. The highest BCUT2D eigenvalue weighted by molar-refractivity contribution is 7.17. The summed E-state index contributed by atoms with van der Waals surface area (Å²) in [5.41, 5.74) is 6.33. The number of nitrogens with zero attached hydrogens (tertiary/aromatic N) is 1. The zero-order valence-electron chi connectivity index (χ0n) is 22.9. The summed E-state index contributed by atoms with van der Waals surface area (Å²) in [6.45, 7) is 6.69. The van der Waals surface area contributed by atoms with E-state index in [-0.39, 0.29) is 6.61 Å². The average Bonchev–Trinajstić information content (AvgIpc) is 3.30. The van der Waals surface area contributed by atoms with Crippen LogP contribution in [0.4, 0.5) is 5.00 Å². The molecule has 2 aromatic carbocycles. The first-order chi connectivity index (χ1) is 19.4. The molecule has 2 amide bonds. The Morgan fingerprint density at radius 2 is 1.80 bits per heavy atom. The van der Waals surface area contributed by atoms with E-state index in [1.54, 1.807) is 25.1 Å². The number of anilines is 1. The zero-order valence-corrected chi connectivity index (χ0v) is 23.7. The normalized spacial score (nSPS) is 12.5. The van der Waals surface area contributed by atoms with Gasteiger partial charge < -0.3 is 19.5 Å². The predicted octanol–water partition coefficient (Wildman–Crippen LogP) is 5.18. The Morgan fingerprint density at radius 3 is 2.58 bits per heavy atom. The lowest BCUT2D eigenvalue weighted by Gasteiger charge is -2.13. The number of hydrogen-bond acceptors (Lipinski definition) is 8. The lowest BCUT2D eigenvalue weighted by molar-refractivity contribution is -0.136. The fourth-order valence-corrected chi connectivity index (χ4v) is 5.68. The second kappa shape index (κ2) is 13.7. The topological polar surface area (TPSA) is 115 Å². The van der Waals surface area contributed by atoms with Gasteiger partial charge in [-0.15, -0.1) is 11.3 Å². The van der Waals surface area contributed by atoms with Crippen LogP contribution in [0.3, 0.4) is 0 Å². The summed E-state index contributed by atoms with van der Waals surface area (Å²) in [5, 5.41) is 6.83. The highest BCUT2D eigenvalue weighted by Crippen LogP contribution is 2.38. The maximum absolute atomic E-state index is 12.6. The minimum Gasteiger partial charge on any atom is -0.490 e. The number of carbonyl (C=O) groups excluding carboxylic acids is 3. The first kappa shape index (κ1) is 28.8. The number of hydrogen-bond donors (Lipinski definition) is 2. The molecule has 40 heavy (non-hydrogen) atoms. The number of ether oxygens (including phenoxy) is 3. The van der Waals surface area contributed by atoms with Crippen molar-refractivity contribution in [2.45, 2.75) is 53.1 Å². The Bertz CT molecular complexity index is 1410. The van der Waals surface area contributed by atoms with Crippen LogP contribution in [0.15, 0.2) is 47.6 Å². The van der Waals surface area contributed by atoms with E-state index in [1.165, 1.54) is 17.6 Å². The van der Waals surface area contributed by atoms with Gasteiger partial charge in [0.25, 0.3) is 0 Å². The van der Waals surface area contributed by atoms with Crippen LogP contribution in [-0.4, -0.2) is 37.2 Å². The number of carbonyl (C=O) groups is 3. The Morgan fingerprint density at radius 1 is 0.975 bits per heavy atom. The number of amides is 2. The molecule has 1 aliphatic rings. The first-order valence-corrected chi connectivity index (χ1v) is 14.1. The van der Waals surface area contributed by atoms with Crippen molar-refractivity contribution in [2.24, 2.45) is 5.10 Å². The Kier molecular flexibility index (Phi) is 9.91. The third-order valence-corrected chi connectivity index (χ3v) is 7.42. The molecule has 0 saturated carbocycles. The maximum Gasteiger partial charge on any atom is 0.341 e. The van der Waals surface area contributed by atoms with E-state index in [2.05, 4.69) is 21.9 Å². The summed E-state index contributed by atoms with van der Waals surface area (Å²) < 4.78 is 16.9. The zero-order chi connectivity index (χ0) is 28.5. The van der Waals surface area contributed by atoms with Crippen molar-refractivity contribution >= 4 is 40.3 Å². The van der Waals surface area contributed by atoms with Crippen LogP contribution < -0.4 is 20.2 Å². The number of hydrazone groups is 1. The van der Waals surface area contributed by atoms with Crippen molar-refractivity contribution in [2.75, 3.05) is 18.5 Å². The molecular formula is C30H33N3O6S. The van der Waals surface area contributed by atoms with Crippen LogP contribution in [0.25, 0.3) is 0 Å². The SMILES string of the molecule is CCOC(=O)c1c(NC(=O)C(=O)NN=Cc2ccc(OCc3cccc(C)c3)c(OCC)c2)sc2c1CCCC2. The lowest BCUT2D eigenvalue weighted by Crippen LogP contribution is -2.32. The van der Waals surface area contributed by atoms with Gasteiger partial charge in [0, 0.05) is 4.88 Å². The summed E-state index contributed by atoms with van der Waals surface area (Å²) >= 11 is 1.32. The van der Waals surface area contributed by atoms with E-state index in [0.29, 0.717) is 40.8 Å². The summed E-state index contributed by atoms with van der Waals surface area (Å²) in [4.78, 5) is 38.7. The fraction of sp³-hybridized carbons (Fsp3) is 0.333. The first-order valence-electron chi connectivity index (χ1n) is 13.3. The minimum atomic E-state index is -0.958. The summed E-state index contributed by atoms with van der Waals surface area (Å²) in [5.74, 6) is -1.25. The summed E-state index contributed by atoms with van der Waals surface area (Å²) in [6, 6.07) is 13.4. The van der Waals surface area contributed by atoms with Gasteiger partial charge in [0.15, 0.2) is 11.5 Å². The molecule has 9 nitrogen and oxygen atoms in total. The van der Waals surface area contributed by atoms with Crippen LogP contribution in [0, 0.1) is 6.92 Å². The molecule has 1 aromatic heterocycles. The molecule has 0 saturated heterocycles. The number of rotatable bonds is 10. The molecule has 0 atom stereocenters. The van der Waals surface area contributed by atoms with E-state index in [1.807, 2.05) is 32.0 Å². The van der Waals surface area contributed by atoms with E-state index >= 15 is 0 Å². The standard InChI is InChI=1S/C30H33N3O6S/c1-4-37-24-16-20(13-14-23(24)39-18-21-10-8-9-19(3)15-21)17-31-33-28(35)27(34)32-29-26(30(36)38-5-2)22-11-6-7-12-25(22)40-29/h8-10,13-17H,4-7,11-12,18H2,1-3H3,(H,32,34)(H,33,35). The van der Waals surface area contributed by atoms with Crippen molar-refractivity contribution in [1.29, 1.82) is 0 Å². The van der Waals surface area contributed by atoms with E-state index in [9.17, 15) is 14.4 Å².